The smallest absolute Gasteiger partial charge is 0.306 e. The van der Waals surface area contributed by atoms with E-state index in [1.807, 2.05) is 19.1 Å². The lowest BCUT2D eigenvalue weighted by atomic mass is 10.2. The fourth-order valence-corrected chi connectivity index (χ4v) is 0.825. The van der Waals surface area contributed by atoms with E-state index in [-0.39, 0.29) is 0 Å². The van der Waals surface area contributed by atoms with Crippen molar-refractivity contribution < 1.29 is 4.79 Å². The van der Waals surface area contributed by atoms with Crippen LogP contribution in [0.2, 0.25) is 0 Å². The predicted octanol–water partition coefficient (Wildman–Crippen LogP) is 0.576. The van der Waals surface area contributed by atoms with Gasteiger partial charge in [-0.2, -0.15) is 5.12 Å². The Labute approximate surface area is 76.3 Å². The summed E-state index contributed by atoms with van der Waals surface area (Å²) in [5, 5.41) is 3.01. The molecule has 0 atom stereocenters. The predicted molar refractivity (Wildman–Crippen MR) is 50.4 cm³/mol. The number of anilines is 1. The lowest BCUT2D eigenvalue weighted by molar-refractivity contribution is 0.214. The molecule has 0 aromatic heterocycles. The zero-order valence-corrected chi connectivity index (χ0v) is 7.32. The van der Waals surface area contributed by atoms with Gasteiger partial charge in [-0.05, 0) is 19.1 Å². The van der Waals surface area contributed by atoms with Gasteiger partial charge in [0.1, 0.15) is 0 Å². The number of amides is 2. The lowest BCUT2D eigenvalue weighted by Crippen LogP contribution is -2.45. The number of carbonyl (C=O) groups is 1. The Bertz CT molecular complexity index is 294. The average Bonchev–Trinajstić information content (AvgIpc) is 2.08. The van der Waals surface area contributed by atoms with Crippen molar-refractivity contribution in [3.8, 4) is 0 Å². The van der Waals surface area contributed by atoms with Crippen LogP contribution in [0, 0.1) is 6.92 Å². The molecule has 5 nitrogen and oxygen atoms in total. The van der Waals surface area contributed by atoms with Crippen LogP contribution in [-0.4, -0.2) is 11.1 Å². The summed E-state index contributed by atoms with van der Waals surface area (Å²) in [6, 6.07) is 6.76. The standard InChI is InChI=1S/C8H12N4O/c1-6-2-4-7(5-3-6)11-8(13)12(9)10/h2-5H,9-10H2,1H3,(H,11,13). The number of urea groups is 1. The van der Waals surface area contributed by atoms with E-state index in [2.05, 4.69) is 5.32 Å². The maximum atomic E-state index is 11.0. The summed E-state index contributed by atoms with van der Waals surface area (Å²) in [5.74, 6) is 10.0. The van der Waals surface area contributed by atoms with Crippen LogP contribution in [-0.2, 0) is 0 Å². The number of nitrogens with one attached hydrogen (secondary N) is 1. The Morgan fingerprint density at radius 3 is 2.31 bits per heavy atom. The molecule has 0 heterocycles. The molecule has 0 saturated heterocycles. The molecular weight excluding hydrogens is 168 g/mol. The third-order valence-corrected chi connectivity index (χ3v) is 1.54. The third-order valence-electron chi connectivity index (χ3n) is 1.54. The number of nitrogens with two attached hydrogens (primary N) is 2. The van der Waals surface area contributed by atoms with Gasteiger partial charge < -0.3 is 5.32 Å². The van der Waals surface area contributed by atoms with Crippen molar-refractivity contribution >= 4 is 11.7 Å². The van der Waals surface area contributed by atoms with Crippen molar-refractivity contribution in [2.45, 2.75) is 6.92 Å². The normalized spacial score (nSPS) is 9.46. The van der Waals surface area contributed by atoms with Gasteiger partial charge in [0.2, 0.25) is 0 Å². The number of hydrazine groups is 2. The van der Waals surface area contributed by atoms with E-state index in [1.165, 1.54) is 0 Å². The number of rotatable bonds is 1. The first-order valence-corrected chi connectivity index (χ1v) is 3.77. The first-order chi connectivity index (χ1) is 6.09. The molecule has 0 unspecified atom stereocenters. The van der Waals surface area contributed by atoms with Crippen LogP contribution in [0.3, 0.4) is 0 Å². The highest BCUT2D eigenvalue weighted by Gasteiger charge is 2.03. The molecule has 0 spiro atoms. The first kappa shape index (κ1) is 9.50. The van der Waals surface area contributed by atoms with Gasteiger partial charge >= 0.3 is 6.03 Å². The lowest BCUT2D eigenvalue weighted by Gasteiger charge is -2.10. The van der Waals surface area contributed by atoms with Crippen LogP contribution in [0.1, 0.15) is 5.56 Å². The molecule has 0 aliphatic rings. The van der Waals surface area contributed by atoms with Gasteiger partial charge in [-0.25, -0.2) is 16.5 Å². The molecule has 70 valence electrons. The zero-order chi connectivity index (χ0) is 9.84. The van der Waals surface area contributed by atoms with Crippen molar-refractivity contribution in [2.75, 3.05) is 5.32 Å². The van der Waals surface area contributed by atoms with Gasteiger partial charge in [-0.3, -0.25) is 0 Å². The third kappa shape index (κ3) is 2.73. The topological polar surface area (TPSA) is 84.4 Å². The van der Waals surface area contributed by atoms with Gasteiger partial charge in [0.05, 0.1) is 0 Å². The molecule has 0 aliphatic heterocycles. The summed E-state index contributed by atoms with van der Waals surface area (Å²) in [7, 11) is 0. The van der Waals surface area contributed by atoms with Gasteiger partial charge in [-0.1, -0.05) is 17.7 Å². The summed E-state index contributed by atoms with van der Waals surface area (Å²) in [5.41, 5.74) is 1.78. The number of aryl methyl sites for hydroxylation is 1. The van der Waals surface area contributed by atoms with E-state index in [0.717, 1.165) is 5.56 Å². The second-order valence-electron chi connectivity index (χ2n) is 2.70. The van der Waals surface area contributed by atoms with Crippen molar-refractivity contribution in [2.24, 2.45) is 11.7 Å². The maximum Gasteiger partial charge on any atom is 0.350 e. The summed E-state index contributed by atoms with van der Waals surface area (Å²) in [6.07, 6.45) is 0. The SMILES string of the molecule is Cc1ccc(NC(=O)N(N)N)cc1. The fraction of sp³-hybridized carbons (Fsp3) is 0.125. The molecular formula is C8H12N4O. The molecule has 1 aromatic carbocycles. The van der Waals surface area contributed by atoms with E-state index in [4.69, 9.17) is 11.7 Å². The minimum absolute atomic E-state index is 0.500. The molecule has 2 amide bonds. The summed E-state index contributed by atoms with van der Waals surface area (Å²) < 4.78 is 0. The Morgan fingerprint density at radius 2 is 1.85 bits per heavy atom. The average molecular weight is 180 g/mol. The summed E-state index contributed by atoms with van der Waals surface area (Å²) in [4.78, 5) is 11.0. The maximum absolute atomic E-state index is 11.0. The molecule has 0 saturated carbocycles. The van der Waals surface area contributed by atoms with Crippen molar-refractivity contribution in [1.82, 2.24) is 5.12 Å². The summed E-state index contributed by atoms with van der Waals surface area (Å²) >= 11 is 0. The highest BCUT2D eigenvalue weighted by atomic mass is 16.2. The van der Waals surface area contributed by atoms with Crippen LogP contribution < -0.4 is 17.0 Å². The van der Waals surface area contributed by atoms with Crippen LogP contribution in [0.15, 0.2) is 24.3 Å². The molecule has 0 radical (unpaired) electrons. The fourth-order valence-electron chi connectivity index (χ4n) is 0.825. The Morgan fingerprint density at radius 1 is 1.31 bits per heavy atom. The highest BCUT2D eigenvalue weighted by Crippen LogP contribution is 2.08. The Balaban J connectivity index is 2.65. The molecule has 1 aromatic rings. The monoisotopic (exact) mass is 180 g/mol. The largest absolute Gasteiger partial charge is 0.350 e. The van der Waals surface area contributed by atoms with Gasteiger partial charge in [0.15, 0.2) is 0 Å². The minimum Gasteiger partial charge on any atom is -0.306 e. The van der Waals surface area contributed by atoms with E-state index in [1.54, 1.807) is 12.1 Å². The molecule has 0 fully saturated rings. The van der Waals surface area contributed by atoms with Crippen molar-refractivity contribution in [3.05, 3.63) is 29.8 Å². The van der Waals surface area contributed by atoms with Gasteiger partial charge in [0, 0.05) is 5.69 Å². The molecule has 0 aliphatic carbocycles. The zero-order valence-electron chi connectivity index (χ0n) is 7.32. The van der Waals surface area contributed by atoms with Crippen LogP contribution in [0.5, 0.6) is 0 Å². The van der Waals surface area contributed by atoms with Gasteiger partial charge in [-0.15, -0.1) is 0 Å². The quantitative estimate of drug-likeness (QED) is 0.335. The number of hydrogen-bond donors (Lipinski definition) is 3. The van der Waals surface area contributed by atoms with E-state index >= 15 is 0 Å². The van der Waals surface area contributed by atoms with E-state index in [0.29, 0.717) is 10.8 Å². The number of benzene rings is 1. The number of hydrogen-bond acceptors (Lipinski definition) is 3. The minimum atomic E-state index is -0.552. The van der Waals surface area contributed by atoms with E-state index in [9.17, 15) is 4.79 Å². The Hall–Kier alpha value is -1.59. The number of carbonyl (C=O) groups excluding carboxylic acids is 1. The molecule has 0 bridgehead atoms. The number of nitrogens with zero attached hydrogens (tertiary/aromatic N) is 1. The van der Waals surface area contributed by atoms with Gasteiger partial charge in [0.25, 0.3) is 0 Å². The highest BCUT2D eigenvalue weighted by molar-refractivity contribution is 5.88. The second-order valence-corrected chi connectivity index (χ2v) is 2.70. The van der Waals surface area contributed by atoms with Crippen molar-refractivity contribution in [3.63, 3.8) is 0 Å². The van der Waals surface area contributed by atoms with Crippen molar-refractivity contribution in [1.29, 1.82) is 0 Å². The van der Waals surface area contributed by atoms with E-state index < -0.39 is 6.03 Å². The van der Waals surface area contributed by atoms with Crippen LogP contribution in [0.4, 0.5) is 10.5 Å². The molecule has 1 rings (SSSR count). The molecule has 13 heavy (non-hydrogen) atoms. The molecule has 5 heteroatoms. The Kier molecular flexibility index (Phi) is 2.84. The van der Waals surface area contributed by atoms with Crippen LogP contribution in [0.25, 0.3) is 0 Å². The second kappa shape index (κ2) is 3.88. The first-order valence-electron chi connectivity index (χ1n) is 3.77. The molecule has 5 N–H and O–H groups in total. The van der Waals surface area contributed by atoms with Crippen LogP contribution >= 0.6 is 0 Å². The summed E-state index contributed by atoms with van der Waals surface area (Å²) in [6.45, 7) is 1.96.